The normalized spacial score (nSPS) is 18.3. The average Bonchev–Trinajstić information content (AvgIpc) is 2.97. The van der Waals surface area contributed by atoms with Crippen molar-refractivity contribution < 1.29 is 4.79 Å². The molecule has 2 aliphatic rings. The van der Waals surface area contributed by atoms with E-state index in [1.165, 1.54) is 0 Å². The van der Waals surface area contributed by atoms with Gasteiger partial charge in [-0.2, -0.15) is 0 Å². The van der Waals surface area contributed by atoms with Gasteiger partial charge in [0.25, 0.3) is 5.56 Å². The van der Waals surface area contributed by atoms with Crippen LogP contribution in [0.4, 0.5) is 5.69 Å². The maximum atomic E-state index is 12.9. The number of aromatic nitrogens is 2. The number of thioether (sulfide) groups is 1. The lowest BCUT2D eigenvalue weighted by atomic mass is 9.97. The predicted octanol–water partition coefficient (Wildman–Crippen LogP) is 3.41. The van der Waals surface area contributed by atoms with Gasteiger partial charge in [0, 0.05) is 23.4 Å². The van der Waals surface area contributed by atoms with Gasteiger partial charge in [0.05, 0.1) is 11.7 Å². The molecule has 0 saturated heterocycles. The molecule has 0 saturated carbocycles. The van der Waals surface area contributed by atoms with Crippen LogP contribution in [0.1, 0.15) is 47.7 Å². The fourth-order valence-corrected chi connectivity index (χ4v) is 5.09. The second kappa shape index (κ2) is 6.91. The van der Waals surface area contributed by atoms with Crippen LogP contribution in [0.15, 0.2) is 28.2 Å². The SMILES string of the molecule is Cc1cc(C)cc(NC(=O)CC2CSc3nc4c(c(=O)n32)CCCC4)c1. The largest absolute Gasteiger partial charge is 0.326 e. The Morgan fingerprint density at radius 3 is 2.73 bits per heavy atom. The maximum absolute atomic E-state index is 12.9. The van der Waals surface area contributed by atoms with Crippen LogP contribution in [0.5, 0.6) is 0 Å². The highest BCUT2D eigenvalue weighted by molar-refractivity contribution is 7.99. The minimum absolute atomic E-state index is 0.0573. The first kappa shape index (κ1) is 17.3. The summed E-state index contributed by atoms with van der Waals surface area (Å²) in [5.41, 5.74) is 4.96. The van der Waals surface area contributed by atoms with E-state index in [2.05, 4.69) is 11.4 Å². The quantitative estimate of drug-likeness (QED) is 0.842. The van der Waals surface area contributed by atoms with E-state index >= 15 is 0 Å². The van der Waals surface area contributed by atoms with Crippen molar-refractivity contribution in [1.29, 1.82) is 0 Å². The Kier molecular flexibility index (Phi) is 4.61. The molecule has 0 bridgehead atoms. The van der Waals surface area contributed by atoms with Gasteiger partial charge in [-0.15, -0.1) is 0 Å². The van der Waals surface area contributed by atoms with Crippen molar-refractivity contribution in [2.45, 2.75) is 57.1 Å². The number of rotatable bonds is 3. The van der Waals surface area contributed by atoms with Gasteiger partial charge in [-0.25, -0.2) is 4.98 Å². The molecule has 6 heteroatoms. The fraction of sp³-hybridized carbons (Fsp3) is 0.450. The Balaban J connectivity index is 1.54. The standard InChI is InChI=1S/C20H23N3O2S/c1-12-7-13(2)9-14(8-12)21-18(24)10-15-11-26-20-22-17-6-4-3-5-16(17)19(25)23(15)20/h7-9,15H,3-6,10-11H2,1-2H3,(H,21,24). The van der Waals surface area contributed by atoms with Crippen LogP contribution in [0.2, 0.25) is 0 Å². The van der Waals surface area contributed by atoms with E-state index in [-0.39, 0.29) is 17.5 Å². The van der Waals surface area contributed by atoms with Gasteiger partial charge in [-0.05, 0) is 62.8 Å². The third-order valence-electron chi connectivity index (χ3n) is 5.05. The summed E-state index contributed by atoms with van der Waals surface area (Å²) >= 11 is 1.59. The van der Waals surface area contributed by atoms with Crippen LogP contribution in [0, 0.1) is 13.8 Å². The van der Waals surface area contributed by atoms with Crippen molar-refractivity contribution in [1.82, 2.24) is 9.55 Å². The monoisotopic (exact) mass is 369 g/mol. The van der Waals surface area contributed by atoms with E-state index in [0.29, 0.717) is 6.42 Å². The first-order valence-corrected chi connectivity index (χ1v) is 10.1. The Hall–Kier alpha value is -2.08. The zero-order chi connectivity index (χ0) is 18.3. The van der Waals surface area contributed by atoms with Gasteiger partial charge in [0.1, 0.15) is 0 Å². The number of fused-ring (bicyclic) bond motifs is 2. The molecule has 1 aromatic carbocycles. The van der Waals surface area contributed by atoms with E-state index in [0.717, 1.165) is 64.7 Å². The number of amides is 1. The van der Waals surface area contributed by atoms with Crippen LogP contribution in [-0.2, 0) is 17.6 Å². The number of hydrogen-bond donors (Lipinski definition) is 1. The molecule has 5 nitrogen and oxygen atoms in total. The molecule has 1 atom stereocenters. The van der Waals surface area contributed by atoms with Gasteiger partial charge in [-0.3, -0.25) is 14.2 Å². The summed E-state index contributed by atoms with van der Waals surface area (Å²) in [5, 5.41) is 3.76. The van der Waals surface area contributed by atoms with Gasteiger partial charge >= 0.3 is 0 Å². The van der Waals surface area contributed by atoms with Gasteiger partial charge in [0.15, 0.2) is 5.16 Å². The molecule has 0 spiro atoms. The third kappa shape index (κ3) is 3.30. The molecule has 26 heavy (non-hydrogen) atoms. The number of nitrogens with one attached hydrogen (secondary N) is 1. The number of aryl methyl sites for hydroxylation is 3. The number of hydrogen-bond acceptors (Lipinski definition) is 4. The Morgan fingerprint density at radius 1 is 1.23 bits per heavy atom. The Morgan fingerprint density at radius 2 is 1.96 bits per heavy atom. The zero-order valence-corrected chi connectivity index (χ0v) is 16.0. The molecule has 1 N–H and O–H groups in total. The summed E-state index contributed by atoms with van der Waals surface area (Å²) in [6, 6.07) is 5.89. The first-order valence-electron chi connectivity index (χ1n) is 9.16. The predicted molar refractivity (Wildman–Crippen MR) is 104 cm³/mol. The summed E-state index contributed by atoms with van der Waals surface area (Å²) in [6.45, 7) is 4.03. The number of nitrogens with zero attached hydrogens (tertiary/aromatic N) is 2. The molecular weight excluding hydrogens is 346 g/mol. The molecule has 1 aromatic heterocycles. The van der Waals surface area contributed by atoms with Crippen molar-refractivity contribution in [2.75, 3.05) is 11.1 Å². The summed E-state index contributed by atoms with van der Waals surface area (Å²) in [5.74, 6) is 0.670. The minimum atomic E-state index is -0.117. The molecule has 2 heterocycles. The molecule has 1 amide bonds. The summed E-state index contributed by atoms with van der Waals surface area (Å²) in [7, 11) is 0. The molecule has 0 fully saturated rings. The molecule has 1 aliphatic heterocycles. The number of benzene rings is 1. The Bertz CT molecular complexity index is 915. The first-order chi connectivity index (χ1) is 12.5. The minimum Gasteiger partial charge on any atom is -0.326 e. The smallest absolute Gasteiger partial charge is 0.257 e. The van der Waals surface area contributed by atoms with Crippen molar-refractivity contribution in [3.05, 3.63) is 50.9 Å². The second-order valence-corrected chi connectivity index (χ2v) is 8.28. The molecule has 1 unspecified atom stereocenters. The summed E-state index contributed by atoms with van der Waals surface area (Å²) in [6.07, 6.45) is 4.17. The molecule has 4 rings (SSSR count). The van der Waals surface area contributed by atoms with E-state index in [9.17, 15) is 9.59 Å². The van der Waals surface area contributed by atoms with Crippen molar-refractivity contribution >= 4 is 23.4 Å². The Labute approximate surface area is 157 Å². The van der Waals surface area contributed by atoms with Crippen molar-refractivity contribution in [3.63, 3.8) is 0 Å². The van der Waals surface area contributed by atoms with Crippen molar-refractivity contribution in [3.8, 4) is 0 Å². The highest BCUT2D eigenvalue weighted by Crippen LogP contribution is 2.34. The molecule has 0 radical (unpaired) electrons. The highest BCUT2D eigenvalue weighted by atomic mass is 32.2. The second-order valence-electron chi connectivity index (χ2n) is 7.30. The zero-order valence-electron chi connectivity index (χ0n) is 15.2. The van der Waals surface area contributed by atoms with Gasteiger partial charge in [0.2, 0.25) is 5.91 Å². The van der Waals surface area contributed by atoms with Crippen molar-refractivity contribution in [2.24, 2.45) is 0 Å². The summed E-state index contributed by atoms with van der Waals surface area (Å²) in [4.78, 5) is 30.2. The van der Waals surface area contributed by atoms with Gasteiger partial charge < -0.3 is 5.32 Å². The summed E-state index contributed by atoms with van der Waals surface area (Å²) < 4.78 is 1.76. The van der Waals surface area contributed by atoms with Crippen LogP contribution >= 0.6 is 11.8 Å². The fourth-order valence-electron chi connectivity index (χ4n) is 3.94. The molecule has 136 valence electrons. The van der Waals surface area contributed by atoms with Gasteiger partial charge in [-0.1, -0.05) is 17.8 Å². The number of anilines is 1. The van der Waals surface area contributed by atoms with E-state index in [1.807, 2.05) is 26.0 Å². The van der Waals surface area contributed by atoms with Crippen LogP contribution < -0.4 is 10.9 Å². The topological polar surface area (TPSA) is 64.0 Å². The van der Waals surface area contributed by atoms with Crippen LogP contribution in [-0.4, -0.2) is 21.2 Å². The lowest BCUT2D eigenvalue weighted by molar-refractivity contribution is -0.116. The molecule has 1 aliphatic carbocycles. The maximum Gasteiger partial charge on any atom is 0.257 e. The lowest BCUT2D eigenvalue weighted by Gasteiger charge is -2.19. The van der Waals surface area contributed by atoms with E-state index < -0.39 is 0 Å². The van der Waals surface area contributed by atoms with E-state index in [1.54, 1.807) is 16.3 Å². The molecular formula is C20H23N3O2S. The number of carbonyl (C=O) groups is 1. The van der Waals surface area contributed by atoms with Crippen LogP contribution in [0.3, 0.4) is 0 Å². The third-order valence-corrected chi connectivity index (χ3v) is 6.15. The highest BCUT2D eigenvalue weighted by Gasteiger charge is 2.30. The van der Waals surface area contributed by atoms with Crippen LogP contribution in [0.25, 0.3) is 0 Å². The van der Waals surface area contributed by atoms with E-state index in [4.69, 9.17) is 4.98 Å². The lowest BCUT2D eigenvalue weighted by Crippen LogP contribution is -2.32. The number of carbonyl (C=O) groups excluding carboxylic acids is 1. The average molecular weight is 369 g/mol. The molecule has 2 aromatic rings.